The molecule has 0 saturated carbocycles. The molecule has 1 aromatic rings. The summed E-state index contributed by atoms with van der Waals surface area (Å²) in [5.74, 6) is -0.758. The summed E-state index contributed by atoms with van der Waals surface area (Å²) >= 11 is 0. The topological polar surface area (TPSA) is 111 Å². The van der Waals surface area contributed by atoms with Gasteiger partial charge in [0, 0.05) is 6.26 Å². The van der Waals surface area contributed by atoms with E-state index in [0.717, 1.165) is 11.8 Å². The maximum Gasteiger partial charge on any atom is 0.344 e. The Morgan fingerprint density at radius 1 is 1.29 bits per heavy atom. The number of oxime groups is 1. The summed E-state index contributed by atoms with van der Waals surface area (Å²) in [6, 6.07) is 6.43. The molecule has 0 aromatic heterocycles. The number of benzene rings is 1. The molecule has 1 N–H and O–H groups in total. The fourth-order valence-electron chi connectivity index (χ4n) is 2.76. The molecule has 1 aliphatic rings. The van der Waals surface area contributed by atoms with E-state index >= 15 is 0 Å². The van der Waals surface area contributed by atoms with Crippen LogP contribution < -0.4 is 0 Å². The van der Waals surface area contributed by atoms with Crippen LogP contribution in [0.25, 0.3) is 5.57 Å². The second-order valence-electron chi connectivity index (χ2n) is 6.92. The van der Waals surface area contributed by atoms with Crippen molar-refractivity contribution in [3.8, 4) is 0 Å². The third-order valence-electron chi connectivity index (χ3n) is 4.21. The molecule has 0 saturated heterocycles. The molecule has 0 amide bonds. The maximum absolute atomic E-state index is 11.7. The number of aliphatic carboxylic acids is 1. The average Bonchev–Trinajstić information content (AvgIpc) is 2.86. The number of hydrogen-bond donors (Lipinski definition) is 1. The van der Waals surface area contributed by atoms with Gasteiger partial charge in [0.1, 0.15) is 5.60 Å². The molecule has 8 nitrogen and oxygen atoms in total. The van der Waals surface area contributed by atoms with E-state index in [1.54, 1.807) is 12.1 Å². The van der Waals surface area contributed by atoms with Crippen LogP contribution in [0, 0.1) is 0 Å². The highest BCUT2D eigenvalue weighted by molar-refractivity contribution is 7.90. The van der Waals surface area contributed by atoms with Gasteiger partial charge in [-0.2, -0.15) is 0 Å². The van der Waals surface area contributed by atoms with Gasteiger partial charge in [0.05, 0.1) is 16.6 Å². The van der Waals surface area contributed by atoms with Gasteiger partial charge in [-0.05, 0) is 50.0 Å². The molecule has 1 aromatic carbocycles. The van der Waals surface area contributed by atoms with Gasteiger partial charge < -0.3 is 19.4 Å². The number of carboxylic acid groups (broad SMARTS) is 1. The first-order valence-electron chi connectivity index (χ1n) is 8.81. The van der Waals surface area contributed by atoms with Crippen molar-refractivity contribution in [1.82, 2.24) is 0 Å². The lowest BCUT2D eigenvalue weighted by molar-refractivity contribution is -0.142. The summed E-state index contributed by atoms with van der Waals surface area (Å²) in [5.41, 5.74) is 0.611. The van der Waals surface area contributed by atoms with Gasteiger partial charge in [-0.15, -0.1) is 0 Å². The van der Waals surface area contributed by atoms with Crippen molar-refractivity contribution in [1.29, 1.82) is 0 Å². The van der Waals surface area contributed by atoms with Gasteiger partial charge in [-0.25, -0.2) is 13.2 Å². The predicted octanol–water partition coefficient (Wildman–Crippen LogP) is 2.84. The number of carboxylic acids is 1. The summed E-state index contributed by atoms with van der Waals surface area (Å²) in [6.45, 7) is 6.86. The van der Waals surface area contributed by atoms with E-state index in [1.165, 1.54) is 12.1 Å². The first-order valence-corrected chi connectivity index (χ1v) is 10.7. The van der Waals surface area contributed by atoms with Crippen molar-refractivity contribution in [2.24, 2.45) is 5.16 Å². The predicted molar refractivity (Wildman–Crippen MR) is 103 cm³/mol. The van der Waals surface area contributed by atoms with Crippen molar-refractivity contribution in [2.45, 2.75) is 50.7 Å². The number of hydrogen-bond acceptors (Lipinski definition) is 7. The first kappa shape index (κ1) is 21.7. The maximum atomic E-state index is 11.7. The molecule has 0 fully saturated rings. The molecule has 0 radical (unpaired) electrons. The Bertz CT molecular complexity index is 901. The Morgan fingerprint density at radius 3 is 2.36 bits per heavy atom. The van der Waals surface area contributed by atoms with Crippen LogP contribution in [0.2, 0.25) is 0 Å². The molecule has 9 heteroatoms. The van der Waals surface area contributed by atoms with E-state index in [2.05, 4.69) is 5.16 Å². The van der Waals surface area contributed by atoms with Gasteiger partial charge in [0.2, 0.25) is 6.61 Å². The molecule has 0 unspecified atom stereocenters. The first-order chi connectivity index (χ1) is 13.0. The van der Waals surface area contributed by atoms with Gasteiger partial charge in [0.15, 0.2) is 15.6 Å². The Hall–Kier alpha value is -2.55. The third-order valence-corrected chi connectivity index (χ3v) is 5.34. The van der Waals surface area contributed by atoms with Crippen LogP contribution in [0.5, 0.6) is 0 Å². The zero-order chi connectivity index (χ0) is 21.1. The van der Waals surface area contributed by atoms with E-state index in [9.17, 15) is 13.2 Å². The standard InChI is InChI=1S/C19H25NO7S/c1-6-19(4)16(13-7-9-14(10-8-13)28(5,23)24)17(26-12(2)3)18(27-19)20-25-11-15(21)22/h7-10,12H,6,11H2,1-5H3,(H,21,22)/t19-/m0/s1. The van der Waals surface area contributed by atoms with Gasteiger partial charge >= 0.3 is 5.97 Å². The lowest BCUT2D eigenvalue weighted by Crippen LogP contribution is -2.26. The zero-order valence-corrected chi connectivity index (χ0v) is 17.4. The second kappa shape index (κ2) is 8.22. The molecule has 2 rings (SSSR count). The highest BCUT2D eigenvalue weighted by Gasteiger charge is 2.44. The van der Waals surface area contributed by atoms with Crippen molar-refractivity contribution in [2.75, 3.05) is 12.9 Å². The molecule has 0 bridgehead atoms. The molecule has 0 aliphatic carbocycles. The molecule has 1 heterocycles. The van der Waals surface area contributed by atoms with Crippen LogP contribution in [-0.4, -0.2) is 50.0 Å². The largest absolute Gasteiger partial charge is 0.485 e. The Labute approximate surface area is 164 Å². The summed E-state index contributed by atoms with van der Waals surface area (Å²) in [5, 5.41) is 12.6. The molecule has 1 atom stereocenters. The highest BCUT2D eigenvalue weighted by atomic mass is 32.2. The minimum Gasteiger partial charge on any atom is -0.485 e. The van der Waals surface area contributed by atoms with Crippen molar-refractivity contribution >= 4 is 27.3 Å². The minimum atomic E-state index is -3.32. The van der Waals surface area contributed by atoms with Gasteiger partial charge in [-0.1, -0.05) is 19.1 Å². The molecule has 28 heavy (non-hydrogen) atoms. The Morgan fingerprint density at radius 2 is 1.89 bits per heavy atom. The fraction of sp³-hybridized carbons (Fsp3) is 0.474. The number of carbonyl (C=O) groups is 1. The lowest BCUT2D eigenvalue weighted by atomic mass is 9.88. The van der Waals surface area contributed by atoms with Crippen molar-refractivity contribution in [3.05, 3.63) is 35.6 Å². The summed E-state index contributed by atoms with van der Waals surface area (Å²) < 4.78 is 35.4. The second-order valence-corrected chi connectivity index (χ2v) is 8.93. The van der Waals surface area contributed by atoms with E-state index < -0.39 is 28.0 Å². The van der Waals surface area contributed by atoms with E-state index in [4.69, 9.17) is 19.4 Å². The monoisotopic (exact) mass is 411 g/mol. The molecule has 1 aliphatic heterocycles. The number of ether oxygens (including phenoxy) is 2. The zero-order valence-electron chi connectivity index (χ0n) is 16.6. The van der Waals surface area contributed by atoms with E-state index in [0.29, 0.717) is 17.8 Å². The normalized spacial score (nSPS) is 21.1. The quantitative estimate of drug-likeness (QED) is 0.655. The summed E-state index contributed by atoms with van der Waals surface area (Å²) in [4.78, 5) is 15.7. The third kappa shape index (κ3) is 4.83. The van der Waals surface area contributed by atoms with Crippen LogP contribution in [0.3, 0.4) is 0 Å². The molecular formula is C19H25NO7S. The lowest BCUT2D eigenvalue weighted by Gasteiger charge is -2.25. The fourth-order valence-corrected chi connectivity index (χ4v) is 3.39. The van der Waals surface area contributed by atoms with Gasteiger partial charge in [0.25, 0.3) is 5.90 Å². The van der Waals surface area contributed by atoms with Crippen LogP contribution in [0.4, 0.5) is 0 Å². The van der Waals surface area contributed by atoms with E-state index in [1.807, 2.05) is 27.7 Å². The van der Waals surface area contributed by atoms with Crippen LogP contribution in [0.15, 0.2) is 40.1 Å². The number of rotatable bonds is 8. The number of sulfone groups is 1. The average molecular weight is 411 g/mol. The molecular weight excluding hydrogens is 386 g/mol. The SMILES string of the molecule is CC[C@]1(C)OC(=NOCC(=O)O)C(OC(C)C)=C1c1ccc(S(C)(=O)=O)cc1. The highest BCUT2D eigenvalue weighted by Crippen LogP contribution is 2.43. The van der Waals surface area contributed by atoms with Crippen LogP contribution in [-0.2, 0) is 28.9 Å². The van der Waals surface area contributed by atoms with Crippen LogP contribution in [0.1, 0.15) is 39.7 Å². The smallest absolute Gasteiger partial charge is 0.344 e. The molecule has 154 valence electrons. The van der Waals surface area contributed by atoms with Crippen LogP contribution >= 0.6 is 0 Å². The van der Waals surface area contributed by atoms with Crippen molar-refractivity contribution < 1.29 is 32.6 Å². The van der Waals surface area contributed by atoms with Crippen molar-refractivity contribution in [3.63, 3.8) is 0 Å². The Balaban J connectivity index is 2.58. The molecule has 0 spiro atoms. The summed E-state index contributed by atoms with van der Waals surface area (Å²) in [7, 11) is -3.32. The number of nitrogens with zero attached hydrogens (tertiary/aromatic N) is 1. The van der Waals surface area contributed by atoms with Gasteiger partial charge in [-0.3, -0.25) is 0 Å². The van der Waals surface area contributed by atoms with E-state index in [-0.39, 0.29) is 16.9 Å². The summed E-state index contributed by atoms with van der Waals surface area (Å²) in [6.07, 6.45) is 1.51. The Kier molecular flexibility index (Phi) is 6.38. The minimum absolute atomic E-state index is 0.0569.